The molecule has 144 valence electrons. The molecular weight excluding hydrogens is 441 g/mol. The molecule has 0 aliphatic rings. The predicted molar refractivity (Wildman–Crippen MR) is 117 cm³/mol. The Morgan fingerprint density at radius 2 is 2.00 bits per heavy atom. The van der Waals surface area contributed by atoms with Crippen LogP contribution in [-0.4, -0.2) is 28.9 Å². The summed E-state index contributed by atoms with van der Waals surface area (Å²) in [6.07, 6.45) is 1.80. The highest BCUT2D eigenvalue weighted by molar-refractivity contribution is 14.0. The lowest BCUT2D eigenvalue weighted by atomic mass is 10.2. The summed E-state index contributed by atoms with van der Waals surface area (Å²) in [4.78, 5) is 4.69. The van der Waals surface area contributed by atoms with E-state index in [4.69, 9.17) is 4.74 Å². The van der Waals surface area contributed by atoms with Crippen molar-refractivity contribution in [3.63, 3.8) is 0 Å². The van der Waals surface area contributed by atoms with Crippen LogP contribution < -0.4 is 15.4 Å². The van der Waals surface area contributed by atoms with Crippen molar-refractivity contribution in [3.05, 3.63) is 47.8 Å². The Bertz CT molecular complexity index is 684. The fourth-order valence-electron chi connectivity index (χ4n) is 2.29. The van der Waals surface area contributed by atoms with Crippen molar-refractivity contribution >= 4 is 29.9 Å². The van der Waals surface area contributed by atoms with Crippen molar-refractivity contribution in [3.8, 4) is 5.75 Å². The number of aromatic nitrogens is 2. The van der Waals surface area contributed by atoms with Crippen LogP contribution in [-0.2, 0) is 20.1 Å². The fraction of sp³-hybridized carbons (Fsp3) is 0.474. The number of aryl methyl sites for hydroxylation is 1. The molecule has 1 aromatic carbocycles. The van der Waals surface area contributed by atoms with Crippen molar-refractivity contribution in [1.82, 2.24) is 20.4 Å². The second-order valence-electron chi connectivity index (χ2n) is 6.31. The number of hydrogen-bond donors (Lipinski definition) is 2. The highest BCUT2D eigenvalue weighted by Crippen LogP contribution is 2.19. The van der Waals surface area contributed by atoms with Crippen LogP contribution >= 0.6 is 24.0 Å². The van der Waals surface area contributed by atoms with Gasteiger partial charge in [0, 0.05) is 25.4 Å². The predicted octanol–water partition coefficient (Wildman–Crippen LogP) is 3.33. The largest absolute Gasteiger partial charge is 0.493 e. The van der Waals surface area contributed by atoms with Crippen molar-refractivity contribution in [2.75, 3.05) is 13.2 Å². The molecule has 2 N–H and O–H groups in total. The Hall–Kier alpha value is -1.77. The highest BCUT2D eigenvalue weighted by atomic mass is 127. The van der Waals surface area contributed by atoms with Gasteiger partial charge in [0.15, 0.2) is 5.96 Å². The molecule has 7 heteroatoms. The molecule has 1 heterocycles. The first-order valence-electron chi connectivity index (χ1n) is 8.80. The van der Waals surface area contributed by atoms with Crippen LogP contribution in [0.25, 0.3) is 0 Å². The minimum Gasteiger partial charge on any atom is -0.493 e. The lowest BCUT2D eigenvalue weighted by Crippen LogP contribution is -2.37. The first-order valence-corrected chi connectivity index (χ1v) is 8.80. The number of nitrogens with zero attached hydrogens (tertiary/aromatic N) is 3. The number of ether oxygens (including phenoxy) is 1. The number of rotatable bonds is 8. The Morgan fingerprint density at radius 1 is 1.23 bits per heavy atom. The van der Waals surface area contributed by atoms with Crippen LogP contribution in [0.3, 0.4) is 0 Å². The van der Waals surface area contributed by atoms with Gasteiger partial charge in [-0.15, -0.1) is 24.0 Å². The van der Waals surface area contributed by atoms with E-state index in [1.54, 1.807) is 6.20 Å². The van der Waals surface area contributed by atoms with E-state index in [0.717, 1.165) is 29.5 Å². The summed E-state index contributed by atoms with van der Waals surface area (Å²) in [6.45, 7) is 9.10. The van der Waals surface area contributed by atoms with E-state index in [-0.39, 0.29) is 24.0 Å². The van der Waals surface area contributed by atoms with E-state index in [9.17, 15) is 0 Å². The molecule has 1 aromatic heterocycles. The molecule has 0 radical (unpaired) electrons. The quantitative estimate of drug-likeness (QED) is 0.352. The van der Waals surface area contributed by atoms with E-state index in [0.29, 0.717) is 25.6 Å². The van der Waals surface area contributed by atoms with E-state index in [1.807, 2.05) is 36.0 Å². The average Bonchev–Trinajstić information content (AvgIpc) is 3.01. The maximum absolute atomic E-state index is 5.90. The number of halogens is 1. The van der Waals surface area contributed by atoms with Crippen LogP contribution in [0.15, 0.2) is 41.5 Å². The molecule has 0 bridgehead atoms. The third-order valence-corrected chi connectivity index (χ3v) is 3.66. The maximum Gasteiger partial charge on any atom is 0.191 e. The molecular formula is C19H30IN5O. The van der Waals surface area contributed by atoms with Gasteiger partial charge in [-0.2, -0.15) is 5.10 Å². The number of aliphatic imine (C=N–C) groups is 1. The van der Waals surface area contributed by atoms with Crippen LogP contribution in [0.1, 0.15) is 32.0 Å². The zero-order valence-corrected chi connectivity index (χ0v) is 18.4. The Morgan fingerprint density at radius 3 is 2.65 bits per heavy atom. The SMILES string of the molecule is CCNC(=NCc1ccccc1OCC(C)C)NCc1ccnn1C.I. The summed E-state index contributed by atoms with van der Waals surface area (Å²) in [5, 5.41) is 10.8. The topological polar surface area (TPSA) is 63.5 Å². The van der Waals surface area contributed by atoms with E-state index in [1.165, 1.54) is 0 Å². The van der Waals surface area contributed by atoms with Gasteiger partial charge in [-0.05, 0) is 25.0 Å². The van der Waals surface area contributed by atoms with Gasteiger partial charge in [-0.3, -0.25) is 4.68 Å². The monoisotopic (exact) mass is 471 g/mol. The summed E-state index contributed by atoms with van der Waals surface area (Å²) in [5.74, 6) is 2.18. The lowest BCUT2D eigenvalue weighted by Gasteiger charge is -2.14. The van der Waals surface area contributed by atoms with Crippen LogP contribution in [0, 0.1) is 5.92 Å². The normalized spacial score (nSPS) is 11.2. The molecule has 0 fully saturated rings. The van der Waals surface area contributed by atoms with Crippen molar-refractivity contribution < 1.29 is 4.74 Å². The van der Waals surface area contributed by atoms with Gasteiger partial charge in [0.1, 0.15) is 5.75 Å². The van der Waals surface area contributed by atoms with E-state index < -0.39 is 0 Å². The molecule has 0 atom stereocenters. The minimum absolute atomic E-state index is 0. The van der Waals surface area contributed by atoms with Crippen molar-refractivity contribution in [2.45, 2.75) is 33.9 Å². The lowest BCUT2D eigenvalue weighted by molar-refractivity contribution is 0.268. The van der Waals surface area contributed by atoms with Crippen LogP contribution in [0.4, 0.5) is 0 Å². The third-order valence-electron chi connectivity index (χ3n) is 3.66. The fourth-order valence-corrected chi connectivity index (χ4v) is 2.29. The molecule has 2 rings (SSSR count). The summed E-state index contributed by atoms with van der Waals surface area (Å²) in [7, 11) is 1.93. The number of para-hydroxylation sites is 1. The molecule has 0 saturated heterocycles. The van der Waals surface area contributed by atoms with Gasteiger partial charge in [0.2, 0.25) is 0 Å². The Labute approximate surface area is 173 Å². The number of guanidine groups is 1. The maximum atomic E-state index is 5.90. The molecule has 26 heavy (non-hydrogen) atoms. The van der Waals surface area contributed by atoms with Crippen LogP contribution in [0.5, 0.6) is 5.75 Å². The second kappa shape index (κ2) is 11.8. The summed E-state index contributed by atoms with van der Waals surface area (Å²) < 4.78 is 7.76. The molecule has 2 aromatic rings. The van der Waals surface area contributed by atoms with Crippen LogP contribution in [0.2, 0.25) is 0 Å². The minimum atomic E-state index is 0. The first-order chi connectivity index (χ1) is 12.1. The number of nitrogens with one attached hydrogen (secondary N) is 2. The summed E-state index contributed by atoms with van der Waals surface area (Å²) in [5.41, 5.74) is 2.19. The zero-order chi connectivity index (χ0) is 18.1. The Kier molecular flexibility index (Phi) is 10.1. The summed E-state index contributed by atoms with van der Waals surface area (Å²) in [6, 6.07) is 10.1. The highest BCUT2D eigenvalue weighted by Gasteiger charge is 2.05. The van der Waals surface area contributed by atoms with E-state index >= 15 is 0 Å². The standard InChI is InChI=1S/C19H29N5O.HI/c1-5-20-19(22-13-17-10-11-23-24(17)4)21-12-16-8-6-7-9-18(16)25-14-15(2)3;/h6-11,15H,5,12-14H2,1-4H3,(H2,20,21,22);1H. The van der Waals surface area contributed by atoms with Crippen molar-refractivity contribution in [1.29, 1.82) is 0 Å². The third kappa shape index (κ3) is 7.23. The number of benzene rings is 1. The smallest absolute Gasteiger partial charge is 0.191 e. The molecule has 0 aliphatic heterocycles. The second-order valence-corrected chi connectivity index (χ2v) is 6.31. The van der Waals surface area contributed by atoms with Gasteiger partial charge < -0.3 is 15.4 Å². The summed E-state index contributed by atoms with van der Waals surface area (Å²) >= 11 is 0. The zero-order valence-electron chi connectivity index (χ0n) is 16.0. The van der Waals surface area contributed by atoms with Gasteiger partial charge in [-0.25, -0.2) is 4.99 Å². The molecule has 0 amide bonds. The molecule has 0 saturated carbocycles. The van der Waals surface area contributed by atoms with Crippen molar-refractivity contribution in [2.24, 2.45) is 18.0 Å². The van der Waals surface area contributed by atoms with Gasteiger partial charge in [0.05, 0.1) is 25.4 Å². The van der Waals surface area contributed by atoms with Gasteiger partial charge in [-0.1, -0.05) is 32.0 Å². The van der Waals surface area contributed by atoms with Gasteiger partial charge >= 0.3 is 0 Å². The average molecular weight is 471 g/mol. The number of hydrogen-bond acceptors (Lipinski definition) is 3. The molecule has 0 spiro atoms. The molecule has 6 nitrogen and oxygen atoms in total. The molecule has 0 unspecified atom stereocenters. The van der Waals surface area contributed by atoms with Gasteiger partial charge in [0.25, 0.3) is 0 Å². The van der Waals surface area contributed by atoms with E-state index in [2.05, 4.69) is 47.6 Å². The first kappa shape index (κ1) is 22.3. The Balaban J connectivity index is 0.00000338. The molecule has 0 aliphatic carbocycles.